The SMILES string of the molecule is COc1cc2ccc1[C@@H](C)COC(=O)Nc1cccc(c1)CN(CC=O)C(=O)[C@@H]2Nc1ccc2cc[nH]c(=O)c2c1. The van der Waals surface area contributed by atoms with Gasteiger partial charge in [-0.3, -0.25) is 14.9 Å². The Balaban J connectivity index is 1.61. The average molecular weight is 555 g/mol. The van der Waals surface area contributed by atoms with E-state index in [-0.39, 0.29) is 37.1 Å². The summed E-state index contributed by atoms with van der Waals surface area (Å²) in [5.41, 5.74) is 2.92. The molecule has 2 aliphatic rings. The van der Waals surface area contributed by atoms with E-state index in [1.165, 1.54) is 12.0 Å². The van der Waals surface area contributed by atoms with E-state index in [1.807, 2.05) is 25.1 Å². The number of benzene rings is 3. The number of carbonyl (C=O) groups is 3. The number of methoxy groups -OCH3 is 1. The summed E-state index contributed by atoms with van der Waals surface area (Å²) in [6.45, 7) is 1.98. The van der Waals surface area contributed by atoms with Crippen molar-refractivity contribution in [2.24, 2.45) is 0 Å². The molecule has 0 spiro atoms. The van der Waals surface area contributed by atoms with Gasteiger partial charge in [0.2, 0.25) is 5.91 Å². The van der Waals surface area contributed by atoms with Crippen LogP contribution in [0.5, 0.6) is 5.75 Å². The number of nitrogens with one attached hydrogen (secondary N) is 3. The zero-order valence-corrected chi connectivity index (χ0v) is 22.7. The maximum absolute atomic E-state index is 14.2. The van der Waals surface area contributed by atoms with Crippen molar-refractivity contribution in [3.8, 4) is 5.75 Å². The van der Waals surface area contributed by atoms with E-state index in [0.29, 0.717) is 39.9 Å². The van der Waals surface area contributed by atoms with Crippen LogP contribution < -0.4 is 20.9 Å². The van der Waals surface area contributed by atoms with Gasteiger partial charge < -0.3 is 29.5 Å². The molecule has 0 saturated heterocycles. The molecule has 3 heterocycles. The first kappa shape index (κ1) is 27.4. The molecule has 0 aliphatic carbocycles. The molecule has 3 aromatic carbocycles. The van der Waals surface area contributed by atoms with Gasteiger partial charge in [0.25, 0.3) is 5.56 Å². The van der Waals surface area contributed by atoms with Gasteiger partial charge >= 0.3 is 6.09 Å². The number of carbonyl (C=O) groups excluding carboxylic acids is 3. The van der Waals surface area contributed by atoms with E-state index in [4.69, 9.17) is 9.47 Å². The van der Waals surface area contributed by atoms with Gasteiger partial charge in [0.15, 0.2) is 0 Å². The molecule has 2 aliphatic heterocycles. The number of ether oxygens (including phenoxy) is 2. The second-order valence-electron chi connectivity index (χ2n) is 9.90. The molecule has 6 rings (SSSR count). The predicted molar refractivity (Wildman–Crippen MR) is 155 cm³/mol. The monoisotopic (exact) mass is 554 g/mol. The summed E-state index contributed by atoms with van der Waals surface area (Å²) >= 11 is 0. The Labute approximate surface area is 236 Å². The number of fused-ring (bicyclic) bond motifs is 10. The van der Waals surface area contributed by atoms with Gasteiger partial charge in [-0.25, -0.2) is 4.79 Å². The molecule has 0 fully saturated rings. The highest BCUT2D eigenvalue weighted by Crippen LogP contribution is 2.33. The van der Waals surface area contributed by atoms with Crippen LogP contribution in [-0.4, -0.2) is 48.4 Å². The fraction of sp³-hybridized carbons (Fsp3) is 0.226. The predicted octanol–water partition coefficient (Wildman–Crippen LogP) is 4.58. The molecule has 1 aromatic heterocycles. The largest absolute Gasteiger partial charge is 0.496 e. The standard InChI is InChI=1S/C31H30N4O6/c1-19-18-41-31(39)34-23-5-3-4-20(14-23)17-35(12-13-36)30(38)28(22-7-9-25(19)27(15-22)40-2)33-24-8-6-21-10-11-32-29(37)26(21)16-24/h3-11,13-16,19,28,33H,12,17-18H2,1-2H3,(H,32,37)(H,34,39)/t19-,28+/m0/s1. The first-order valence-corrected chi connectivity index (χ1v) is 13.2. The molecule has 0 radical (unpaired) electrons. The fourth-order valence-corrected chi connectivity index (χ4v) is 4.96. The van der Waals surface area contributed by atoms with Crippen molar-refractivity contribution in [3.05, 3.63) is 100.0 Å². The van der Waals surface area contributed by atoms with Crippen LogP contribution in [0.15, 0.2) is 77.7 Å². The van der Waals surface area contributed by atoms with Crippen LogP contribution in [0.25, 0.3) is 10.8 Å². The number of aldehydes is 1. The number of hydrogen-bond acceptors (Lipinski definition) is 7. The smallest absolute Gasteiger partial charge is 0.411 e. The summed E-state index contributed by atoms with van der Waals surface area (Å²) in [6, 6.07) is 18.6. The van der Waals surface area contributed by atoms with Crippen molar-refractivity contribution >= 4 is 40.4 Å². The Bertz CT molecular complexity index is 1670. The minimum absolute atomic E-state index is 0.112. The molecule has 2 amide bonds. The summed E-state index contributed by atoms with van der Waals surface area (Å²) in [7, 11) is 1.53. The molecule has 210 valence electrons. The van der Waals surface area contributed by atoms with Crippen LogP contribution in [0.3, 0.4) is 0 Å². The van der Waals surface area contributed by atoms with Crippen molar-refractivity contribution in [1.29, 1.82) is 0 Å². The van der Waals surface area contributed by atoms with Gasteiger partial charge in [-0.05, 0) is 52.9 Å². The van der Waals surface area contributed by atoms with E-state index < -0.39 is 12.1 Å². The van der Waals surface area contributed by atoms with E-state index >= 15 is 0 Å². The number of aromatic nitrogens is 1. The molecular formula is C31H30N4O6. The Hall–Kier alpha value is -5.12. The van der Waals surface area contributed by atoms with E-state index in [2.05, 4.69) is 15.6 Å². The van der Waals surface area contributed by atoms with Crippen LogP contribution >= 0.6 is 0 Å². The number of aromatic amines is 1. The van der Waals surface area contributed by atoms with Gasteiger partial charge in [-0.2, -0.15) is 0 Å². The summed E-state index contributed by atoms with van der Waals surface area (Å²) < 4.78 is 11.2. The van der Waals surface area contributed by atoms with Gasteiger partial charge in [0.05, 0.1) is 20.3 Å². The number of amides is 2. The molecular weight excluding hydrogens is 524 g/mol. The van der Waals surface area contributed by atoms with Gasteiger partial charge in [-0.15, -0.1) is 0 Å². The average Bonchev–Trinajstić information content (AvgIpc) is 2.98. The number of H-pyrrole nitrogens is 1. The number of pyridine rings is 1. The van der Waals surface area contributed by atoms with Crippen LogP contribution in [0, 0.1) is 0 Å². The molecule has 10 nitrogen and oxygen atoms in total. The molecule has 41 heavy (non-hydrogen) atoms. The lowest BCUT2D eigenvalue weighted by Crippen LogP contribution is -2.39. The number of nitrogens with zero attached hydrogens (tertiary/aromatic N) is 1. The molecule has 2 atom stereocenters. The van der Waals surface area contributed by atoms with E-state index in [0.717, 1.165) is 10.9 Å². The quantitative estimate of drug-likeness (QED) is 0.308. The molecule has 0 saturated carbocycles. The number of anilines is 2. The Morgan fingerprint density at radius 1 is 1.07 bits per heavy atom. The van der Waals surface area contributed by atoms with Crippen LogP contribution in [0.4, 0.5) is 16.2 Å². The van der Waals surface area contributed by atoms with Crippen molar-refractivity contribution in [2.45, 2.75) is 25.4 Å². The number of rotatable bonds is 5. The van der Waals surface area contributed by atoms with Crippen molar-refractivity contribution in [3.63, 3.8) is 0 Å². The molecule has 10 heteroatoms. The van der Waals surface area contributed by atoms with E-state index in [1.54, 1.807) is 54.7 Å². The zero-order chi connectivity index (χ0) is 28.9. The number of hydrogen-bond donors (Lipinski definition) is 3. The topological polar surface area (TPSA) is 130 Å². The highest BCUT2D eigenvalue weighted by atomic mass is 16.5. The lowest BCUT2D eigenvalue weighted by atomic mass is 9.96. The summed E-state index contributed by atoms with van der Waals surface area (Å²) in [5.74, 6) is -0.0374. The fourth-order valence-electron chi connectivity index (χ4n) is 4.96. The normalized spacial score (nSPS) is 17.6. The first-order chi connectivity index (χ1) is 19.9. The van der Waals surface area contributed by atoms with Crippen LogP contribution in [-0.2, 0) is 20.9 Å². The highest BCUT2D eigenvalue weighted by molar-refractivity contribution is 5.90. The van der Waals surface area contributed by atoms with Gasteiger partial charge in [-0.1, -0.05) is 37.3 Å². The van der Waals surface area contributed by atoms with Gasteiger partial charge in [0, 0.05) is 41.0 Å². The molecule has 4 bridgehead atoms. The third-order valence-electron chi connectivity index (χ3n) is 7.07. The second-order valence-corrected chi connectivity index (χ2v) is 9.90. The van der Waals surface area contributed by atoms with Gasteiger partial charge in [0.1, 0.15) is 18.1 Å². The minimum Gasteiger partial charge on any atom is -0.496 e. The summed E-state index contributed by atoms with van der Waals surface area (Å²) in [4.78, 5) is 54.9. The van der Waals surface area contributed by atoms with Crippen LogP contribution in [0.2, 0.25) is 0 Å². The van der Waals surface area contributed by atoms with Crippen molar-refractivity contribution < 1.29 is 23.9 Å². The Kier molecular flexibility index (Phi) is 8.00. The Morgan fingerprint density at radius 2 is 1.93 bits per heavy atom. The van der Waals surface area contributed by atoms with Crippen molar-refractivity contribution in [1.82, 2.24) is 9.88 Å². The maximum atomic E-state index is 14.2. The lowest BCUT2D eigenvalue weighted by molar-refractivity contribution is -0.134. The first-order valence-electron chi connectivity index (χ1n) is 13.2. The molecule has 4 aromatic rings. The van der Waals surface area contributed by atoms with Crippen molar-refractivity contribution in [2.75, 3.05) is 30.9 Å². The molecule has 3 N–H and O–H groups in total. The lowest BCUT2D eigenvalue weighted by Gasteiger charge is -2.28. The highest BCUT2D eigenvalue weighted by Gasteiger charge is 2.28. The van der Waals surface area contributed by atoms with E-state index in [9.17, 15) is 19.2 Å². The summed E-state index contributed by atoms with van der Waals surface area (Å²) in [6.07, 6.45) is 1.66. The second kappa shape index (κ2) is 12.0. The van der Waals surface area contributed by atoms with Crippen LogP contribution in [0.1, 0.15) is 35.6 Å². The summed E-state index contributed by atoms with van der Waals surface area (Å²) in [5, 5.41) is 7.25. The minimum atomic E-state index is -0.916. The maximum Gasteiger partial charge on any atom is 0.411 e. The third kappa shape index (κ3) is 6.06. The zero-order valence-electron chi connectivity index (χ0n) is 22.7. The molecule has 0 unspecified atom stereocenters. The Morgan fingerprint density at radius 3 is 2.73 bits per heavy atom. The third-order valence-corrected chi connectivity index (χ3v) is 7.07.